The Hall–Kier alpha value is -2.85. The lowest BCUT2D eigenvalue weighted by Crippen LogP contribution is -2.44. The number of nitrogens with zero attached hydrogens (tertiary/aromatic N) is 3. The van der Waals surface area contributed by atoms with Gasteiger partial charge in [-0.15, -0.1) is 0 Å². The molecule has 5 nitrogen and oxygen atoms in total. The van der Waals surface area contributed by atoms with Gasteiger partial charge in [-0.05, 0) is 44.9 Å². The summed E-state index contributed by atoms with van der Waals surface area (Å²) in [5, 5.41) is 0. The van der Waals surface area contributed by atoms with E-state index in [0.717, 1.165) is 0 Å². The number of rotatable bonds is 3. The predicted octanol–water partition coefficient (Wildman–Crippen LogP) is 4.81. The summed E-state index contributed by atoms with van der Waals surface area (Å²) in [6.45, 7) is 3.64. The molecule has 3 rings (SSSR count). The molecule has 2 heterocycles. The van der Waals surface area contributed by atoms with E-state index in [1.54, 1.807) is 19.9 Å². The SMILES string of the molecule is Cc1cc(OC2CCCN(C(=O)c3cc(C(F)(F)F)cc(C(F)(F)F)c3)C2)nc(C)n1. The molecule has 1 aliphatic heterocycles. The molecule has 0 aliphatic carbocycles. The number of piperidine rings is 1. The average molecular weight is 447 g/mol. The summed E-state index contributed by atoms with van der Waals surface area (Å²) in [5.74, 6) is -0.134. The van der Waals surface area contributed by atoms with E-state index in [1.807, 2.05) is 0 Å². The van der Waals surface area contributed by atoms with Gasteiger partial charge in [-0.1, -0.05) is 0 Å². The van der Waals surface area contributed by atoms with Gasteiger partial charge in [0, 0.05) is 23.9 Å². The summed E-state index contributed by atoms with van der Waals surface area (Å²) in [5.41, 5.74) is -3.05. The van der Waals surface area contributed by atoms with E-state index in [4.69, 9.17) is 4.74 Å². The van der Waals surface area contributed by atoms with E-state index >= 15 is 0 Å². The van der Waals surface area contributed by atoms with Crippen LogP contribution < -0.4 is 4.74 Å². The van der Waals surface area contributed by atoms with E-state index in [0.29, 0.717) is 42.4 Å². The smallest absolute Gasteiger partial charge is 0.416 e. The number of aryl methyl sites for hydroxylation is 2. The number of benzene rings is 1. The highest BCUT2D eigenvalue weighted by atomic mass is 19.4. The molecule has 1 aliphatic rings. The summed E-state index contributed by atoms with van der Waals surface area (Å²) in [6.07, 6.45) is -9.51. The van der Waals surface area contributed by atoms with E-state index in [1.165, 1.54) is 4.90 Å². The standard InChI is InChI=1S/C20H19F6N3O2/c1-11-6-17(28-12(2)27-11)31-16-4-3-5-29(10-16)18(30)13-7-14(19(21,22)23)9-15(8-13)20(24,25)26/h6-9,16H,3-5,10H2,1-2H3. The third kappa shape index (κ3) is 5.65. The fourth-order valence-corrected chi connectivity index (χ4v) is 3.39. The number of likely N-dealkylation sites (tertiary alicyclic amines) is 1. The first-order chi connectivity index (χ1) is 14.3. The molecule has 2 aromatic rings. The van der Waals surface area contributed by atoms with Gasteiger partial charge in [0.1, 0.15) is 11.9 Å². The Morgan fingerprint density at radius 3 is 2.16 bits per heavy atom. The van der Waals surface area contributed by atoms with Gasteiger partial charge in [-0.2, -0.15) is 31.3 Å². The van der Waals surface area contributed by atoms with Crippen molar-refractivity contribution in [3.05, 3.63) is 52.5 Å². The third-order valence-electron chi connectivity index (χ3n) is 4.73. The Labute approximate surface area is 174 Å². The topological polar surface area (TPSA) is 55.3 Å². The first-order valence-corrected chi connectivity index (χ1v) is 9.40. The average Bonchev–Trinajstić information content (AvgIpc) is 2.65. The molecule has 1 unspecified atom stereocenters. The first kappa shape index (κ1) is 22.8. The van der Waals surface area contributed by atoms with Crippen LogP contribution in [0, 0.1) is 13.8 Å². The minimum atomic E-state index is -5.02. The van der Waals surface area contributed by atoms with Crippen LogP contribution in [0.2, 0.25) is 0 Å². The third-order valence-corrected chi connectivity index (χ3v) is 4.73. The fraction of sp³-hybridized carbons (Fsp3) is 0.450. The molecule has 0 bridgehead atoms. The van der Waals surface area contributed by atoms with Gasteiger partial charge in [0.15, 0.2) is 0 Å². The van der Waals surface area contributed by atoms with Gasteiger partial charge < -0.3 is 9.64 Å². The van der Waals surface area contributed by atoms with Crippen LogP contribution in [-0.4, -0.2) is 40.0 Å². The van der Waals surface area contributed by atoms with Gasteiger partial charge in [-0.3, -0.25) is 4.79 Å². The van der Waals surface area contributed by atoms with Crippen LogP contribution >= 0.6 is 0 Å². The van der Waals surface area contributed by atoms with Gasteiger partial charge in [-0.25, -0.2) is 4.98 Å². The number of carbonyl (C=O) groups excluding carboxylic acids is 1. The highest BCUT2D eigenvalue weighted by molar-refractivity contribution is 5.94. The second kappa shape index (κ2) is 8.35. The zero-order valence-electron chi connectivity index (χ0n) is 16.6. The Morgan fingerprint density at radius 2 is 1.61 bits per heavy atom. The number of alkyl halides is 6. The largest absolute Gasteiger partial charge is 0.472 e. The zero-order valence-corrected chi connectivity index (χ0v) is 16.6. The Kier molecular flexibility index (Phi) is 6.15. The Morgan fingerprint density at radius 1 is 1.00 bits per heavy atom. The number of ether oxygens (including phenoxy) is 1. The normalized spacial score (nSPS) is 17.5. The monoisotopic (exact) mass is 447 g/mol. The van der Waals surface area contributed by atoms with E-state index < -0.39 is 41.1 Å². The zero-order chi connectivity index (χ0) is 23.0. The van der Waals surface area contributed by atoms with E-state index in [9.17, 15) is 31.1 Å². The molecule has 1 amide bonds. The molecule has 1 aromatic carbocycles. The fourth-order valence-electron chi connectivity index (χ4n) is 3.39. The summed E-state index contributed by atoms with van der Waals surface area (Å²) in [6, 6.07) is 2.49. The van der Waals surface area contributed by atoms with Gasteiger partial charge in [0.2, 0.25) is 5.88 Å². The molecule has 1 atom stereocenters. The molecule has 0 N–H and O–H groups in total. The summed E-state index contributed by atoms with van der Waals surface area (Å²) in [4.78, 5) is 22.2. The second-order valence-electron chi connectivity index (χ2n) is 7.32. The lowest BCUT2D eigenvalue weighted by Gasteiger charge is -2.33. The van der Waals surface area contributed by atoms with Crippen molar-refractivity contribution < 1.29 is 35.9 Å². The number of amides is 1. The van der Waals surface area contributed by atoms with Crippen LogP contribution in [0.3, 0.4) is 0 Å². The Bertz CT molecular complexity index is 922. The Balaban J connectivity index is 1.83. The lowest BCUT2D eigenvalue weighted by molar-refractivity contribution is -0.143. The number of aromatic nitrogens is 2. The predicted molar refractivity (Wildman–Crippen MR) is 97.5 cm³/mol. The molecule has 1 aromatic heterocycles. The minimum Gasteiger partial charge on any atom is -0.472 e. The molecule has 168 valence electrons. The maximum Gasteiger partial charge on any atom is 0.416 e. The molecular formula is C20H19F6N3O2. The van der Waals surface area contributed by atoms with Gasteiger partial charge in [0.05, 0.1) is 17.7 Å². The molecule has 1 fully saturated rings. The number of carbonyl (C=O) groups is 1. The van der Waals surface area contributed by atoms with Crippen molar-refractivity contribution in [1.82, 2.24) is 14.9 Å². The first-order valence-electron chi connectivity index (χ1n) is 9.40. The molecule has 31 heavy (non-hydrogen) atoms. The molecule has 0 saturated carbocycles. The molecule has 1 saturated heterocycles. The van der Waals surface area contributed by atoms with Crippen molar-refractivity contribution in [2.24, 2.45) is 0 Å². The van der Waals surface area contributed by atoms with Crippen LogP contribution in [0.25, 0.3) is 0 Å². The van der Waals surface area contributed by atoms with Crippen LogP contribution in [0.5, 0.6) is 5.88 Å². The molecule has 11 heteroatoms. The quantitative estimate of drug-likeness (QED) is 0.634. The van der Waals surface area contributed by atoms with Crippen LogP contribution in [0.4, 0.5) is 26.3 Å². The minimum absolute atomic E-state index is 0.00132. The summed E-state index contributed by atoms with van der Waals surface area (Å²) < 4.78 is 84.3. The van der Waals surface area contributed by atoms with Crippen molar-refractivity contribution in [2.45, 2.75) is 45.1 Å². The van der Waals surface area contributed by atoms with Gasteiger partial charge >= 0.3 is 12.4 Å². The molecule has 0 radical (unpaired) electrons. The van der Waals surface area contributed by atoms with Crippen LogP contribution in [0.15, 0.2) is 24.3 Å². The lowest BCUT2D eigenvalue weighted by atomic mass is 10.0. The van der Waals surface area contributed by atoms with Crippen molar-refractivity contribution in [3.8, 4) is 5.88 Å². The van der Waals surface area contributed by atoms with Gasteiger partial charge in [0.25, 0.3) is 5.91 Å². The summed E-state index contributed by atoms with van der Waals surface area (Å²) >= 11 is 0. The second-order valence-corrected chi connectivity index (χ2v) is 7.32. The maximum absolute atomic E-state index is 13.1. The maximum atomic E-state index is 13.1. The highest BCUT2D eigenvalue weighted by Gasteiger charge is 2.38. The van der Waals surface area contributed by atoms with E-state index in [-0.39, 0.29) is 19.2 Å². The van der Waals surface area contributed by atoms with E-state index in [2.05, 4.69) is 9.97 Å². The number of hydrogen-bond acceptors (Lipinski definition) is 4. The van der Waals surface area contributed by atoms with Crippen LogP contribution in [0.1, 0.15) is 45.8 Å². The number of hydrogen-bond donors (Lipinski definition) is 0. The van der Waals surface area contributed by atoms with Crippen molar-refractivity contribution in [2.75, 3.05) is 13.1 Å². The van der Waals surface area contributed by atoms with Crippen molar-refractivity contribution in [3.63, 3.8) is 0 Å². The highest BCUT2D eigenvalue weighted by Crippen LogP contribution is 2.36. The number of halogens is 6. The molecule has 0 spiro atoms. The molecular weight excluding hydrogens is 428 g/mol. The summed E-state index contributed by atoms with van der Waals surface area (Å²) in [7, 11) is 0. The van der Waals surface area contributed by atoms with Crippen molar-refractivity contribution >= 4 is 5.91 Å². The van der Waals surface area contributed by atoms with Crippen LogP contribution in [-0.2, 0) is 12.4 Å². The van der Waals surface area contributed by atoms with Crippen molar-refractivity contribution in [1.29, 1.82) is 0 Å².